The van der Waals surface area contributed by atoms with Crippen molar-refractivity contribution < 1.29 is 19.0 Å². The van der Waals surface area contributed by atoms with Crippen molar-refractivity contribution in [2.75, 3.05) is 21.3 Å². The Hall–Kier alpha value is -2.68. The normalized spacial score (nSPS) is 11.2. The number of nitrogens with two attached hydrogens (primary N) is 1. The standard InChI is InChI=1S/C14H16N2O4/c1-8(10(7-15)14(16)17)9-5-11(18-2)13(20-4)12(6-9)19-3/h5-6H,1-4H3,(H2,16,17)/b10-8+. The van der Waals surface area contributed by atoms with Crippen LogP contribution < -0.4 is 19.9 Å². The van der Waals surface area contributed by atoms with E-state index in [1.165, 1.54) is 21.3 Å². The first-order chi connectivity index (χ1) is 9.49. The van der Waals surface area contributed by atoms with E-state index in [0.29, 0.717) is 28.4 Å². The third kappa shape index (κ3) is 2.83. The monoisotopic (exact) mass is 276 g/mol. The summed E-state index contributed by atoms with van der Waals surface area (Å²) < 4.78 is 15.6. The molecule has 0 aliphatic heterocycles. The van der Waals surface area contributed by atoms with Gasteiger partial charge in [-0.3, -0.25) is 4.79 Å². The molecule has 1 aromatic rings. The van der Waals surface area contributed by atoms with Gasteiger partial charge in [0.2, 0.25) is 5.75 Å². The number of ether oxygens (including phenoxy) is 3. The fourth-order valence-corrected chi connectivity index (χ4v) is 1.77. The molecule has 0 heterocycles. The summed E-state index contributed by atoms with van der Waals surface area (Å²) in [5.41, 5.74) is 6.10. The van der Waals surface area contributed by atoms with E-state index in [1.54, 1.807) is 25.1 Å². The Balaban J connectivity index is 3.56. The number of rotatable bonds is 5. The van der Waals surface area contributed by atoms with Crippen LogP contribution in [0.2, 0.25) is 0 Å². The van der Waals surface area contributed by atoms with Gasteiger partial charge in [-0.15, -0.1) is 0 Å². The summed E-state index contributed by atoms with van der Waals surface area (Å²) in [5.74, 6) is 0.522. The second-order valence-corrected chi connectivity index (χ2v) is 3.89. The maximum Gasteiger partial charge on any atom is 0.259 e. The number of carbonyl (C=O) groups excluding carboxylic acids is 1. The van der Waals surface area contributed by atoms with E-state index < -0.39 is 5.91 Å². The highest BCUT2D eigenvalue weighted by Crippen LogP contribution is 2.40. The van der Waals surface area contributed by atoms with Crippen molar-refractivity contribution in [2.45, 2.75) is 6.92 Å². The van der Waals surface area contributed by atoms with Crippen LogP contribution in [-0.2, 0) is 4.79 Å². The number of hydrogen-bond acceptors (Lipinski definition) is 5. The number of amides is 1. The lowest BCUT2D eigenvalue weighted by Gasteiger charge is -2.14. The lowest BCUT2D eigenvalue weighted by atomic mass is 10.0. The molecule has 20 heavy (non-hydrogen) atoms. The third-order valence-electron chi connectivity index (χ3n) is 2.83. The van der Waals surface area contributed by atoms with Gasteiger partial charge in [0.05, 0.1) is 21.3 Å². The van der Waals surface area contributed by atoms with Crippen molar-refractivity contribution in [3.63, 3.8) is 0 Å². The predicted molar refractivity (Wildman–Crippen MR) is 73.5 cm³/mol. The summed E-state index contributed by atoms with van der Waals surface area (Å²) in [5, 5.41) is 8.99. The highest BCUT2D eigenvalue weighted by molar-refractivity contribution is 6.03. The Kier molecular flexibility index (Phi) is 4.98. The second-order valence-electron chi connectivity index (χ2n) is 3.89. The van der Waals surface area contributed by atoms with Crippen molar-refractivity contribution in [3.05, 3.63) is 23.3 Å². The van der Waals surface area contributed by atoms with Gasteiger partial charge in [0, 0.05) is 0 Å². The van der Waals surface area contributed by atoms with Gasteiger partial charge in [-0.25, -0.2) is 0 Å². The third-order valence-corrected chi connectivity index (χ3v) is 2.83. The molecule has 1 aromatic carbocycles. The first kappa shape index (κ1) is 15.4. The van der Waals surface area contributed by atoms with E-state index >= 15 is 0 Å². The van der Waals surface area contributed by atoms with Crippen LogP contribution in [0.3, 0.4) is 0 Å². The summed E-state index contributed by atoms with van der Waals surface area (Å²) in [4.78, 5) is 11.2. The predicted octanol–water partition coefficient (Wildman–Crippen LogP) is 1.49. The maximum atomic E-state index is 11.2. The minimum absolute atomic E-state index is 0.112. The van der Waals surface area contributed by atoms with Crippen LogP contribution in [0.25, 0.3) is 5.57 Å². The zero-order valence-corrected chi connectivity index (χ0v) is 11.8. The van der Waals surface area contributed by atoms with E-state index in [-0.39, 0.29) is 5.57 Å². The van der Waals surface area contributed by atoms with Crippen LogP contribution in [0.1, 0.15) is 12.5 Å². The average molecular weight is 276 g/mol. The highest BCUT2D eigenvalue weighted by atomic mass is 16.5. The van der Waals surface area contributed by atoms with Gasteiger partial charge in [-0.2, -0.15) is 5.26 Å². The topological polar surface area (TPSA) is 94.6 Å². The number of primary amides is 1. The fourth-order valence-electron chi connectivity index (χ4n) is 1.77. The number of hydrogen-bond donors (Lipinski definition) is 1. The zero-order valence-electron chi connectivity index (χ0n) is 11.8. The summed E-state index contributed by atoms with van der Waals surface area (Å²) >= 11 is 0. The molecule has 0 fully saturated rings. The van der Waals surface area contributed by atoms with Crippen LogP contribution in [-0.4, -0.2) is 27.2 Å². The number of nitrogens with zero attached hydrogens (tertiary/aromatic N) is 1. The largest absolute Gasteiger partial charge is 0.493 e. The van der Waals surface area contributed by atoms with Crippen LogP contribution >= 0.6 is 0 Å². The smallest absolute Gasteiger partial charge is 0.259 e. The van der Waals surface area contributed by atoms with Crippen LogP contribution in [0.4, 0.5) is 0 Å². The van der Waals surface area contributed by atoms with E-state index in [1.807, 2.05) is 0 Å². The molecule has 106 valence electrons. The molecule has 0 aliphatic rings. The van der Waals surface area contributed by atoms with Gasteiger partial charge in [0.25, 0.3) is 5.91 Å². The second kappa shape index (κ2) is 6.48. The molecular weight excluding hydrogens is 260 g/mol. The zero-order chi connectivity index (χ0) is 15.3. The Bertz CT molecular complexity index is 575. The fraction of sp³-hybridized carbons (Fsp3) is 0.286. The first-order valence-electron chi connectivity index (χ1n) is 5.71. The minimum Gasteiger partial charge on any atom is -0.493 e. The van der Waals surface area contributed by atoms with Crippen LogP contribution in [0.15, 0.2) is 17.7 Å². The van der Waals surface area contributed by atoms with E-state index in [4.69, 9.17) is 25.2 Å². The number of benzene rings is 1. The van der Waals surface area contributed by atoms with Crippen molar-refractivity contribution in [1.82, 2.24) is 0 Å². The Morgan fingerprint density at radius 1 is 1.15 bits per heavy atom. The molecule has 0 radical (unpaired) electrons. The summed E-state index contributed by atoms with van der Waals surface area (Å²) in [6.07, 6.45) is 0. The Morgan fingerprint density at radius 3 is 1.95 bits per heavy atom. The molecule has 0 aromatic heterocycles. The molecule has 0 aliphatic carbocycles. The summed E-state index contributed by atoms with van der Waals surface area (Å²) in [6, 6.07) is 5.10. The molecule has 0 saturated heterocycles. The molecule has 2 N–H and O–H groups in total. The average Bonchev–Trinajstić information content (AvgIpc) is 2.45. The molecule has 0 atom stereocenters. The molecule has 6 heteroatoms. The Labute approximate surface area is 117 Å². The van der Waals surface area contributed by atoms with Gasteiger partial charge in [0.1, 0.15) is 11.6 Å². The van der Waals surface area contributed by atoms with Crippen LogP contribution in [0, 0.1) is 11.3 Å². The number of allylic oxidation sites excluding steroid dienone is 1. The van der Waals surface area contributed by atoms with Gasteiger partial charge >= 0.3 is 0 Å². The molecule has 6 nitrogen and oxygen atoms in total. The number of methoxy groups -OCH3 is 3. The maximum absolute atomic E-state index is 11.2. The molecule has 1 rings (SSSR count). The van der Waals surface area contributed by atoms with Gasteiger partial charge in [0.15, 0.2) is 11.5 Å². The SMILES string of the molecule is COc1cc(/C(C)=C(\C#N)C(N)=O)cc(OC)c1OC. The van der Waals surface area contributed by atoms with Gasteiger partial charge in [-0.1, -0.05) is 0 Å². The quantitative estimate of drug-likeness (QED) is 0.649. The van der Waals surface area contributed by atoms with Gasteiger partial charge in [-0.05, 0) is 30.2 Å². The number of nitriles is 1. The molecule has 0 unspecified atom stereocenters. The Morgan fingerprint density at radius 2 is 1.65 bits per heavy atom. The van der Waals surface area contributed by atoms with Crippen molar-refractivity contribution >= 4 is 11.5 Å². The lowest BCUT2D eigenvalue weighted by Crippen LogP contribution is -2.14. The molecular formula is C14H16N2O4. The van der Waals surface area contributed by atoms with E-state index in [0.717, 1.165) is 0 Å². The van der Waals surface area contributed by atoms with Crippen molar-refractivity contribution in [1.29, 1.82) is 5.26 Å². The minimum atomic E-state index is -0.779. The summed E-state index contributed by atoms with van der Waals surface area (Å²) in [6.45, 7) is 1.63. The lowest BCUT2D eigenvalue weighted by molar-refractivity contribution is -0.114. The molecule has 0 spiro atoms. The van der Waals surface area contributed by atoms with E-state index in [9.17, 15) is 4.79 Å². The van der Waals surface area contributed by atoms with E-state index in [2.05, 4.69) is 0 Å². The summed E-state index contributed by atoms with van der Waals surface area (Å²) in [7, 11) is 4.46. The van der Waals surface area contributed by atoms with Crippen molar-refractivity contribution in [2.24, 2.45) is 5.73 Å². The molecule has 1 amide bonds. The molecule has 0 saturated carbocycles. The van der Waals surface area contributed by atoms with Crippen molar-refractivity contribution in [3.8, 4) is 23.3 Å². The van der Waals surface area contributed by atoms with Gasteiger partial charge < -0.3 is 19.9 Å². The highest BCUT2D eigenvalue weighted by Gasteiger charge is 2.17. The molecule has 0 bridgehead atoms. The first-order valence-corrected chi connectivity index (χ1v) is 5.71. The number of carbonyl (C=O) groups is 1. The van der Waals surface area contributed by atoms with Crippen LogP contribution in [0.5, 0.6) is 17.2 Å².